The van der Waals surface area contributed by atoms with Gasteiger partial charge in [0, 0.05) is 32.2 Å². The number of thioether (sulfide) groups is 1. The lowest BCUT2D eigenvalue weighted by molar-refractivity contribution is -0.137. The summed E-state index contributed by atoms with van der Waals surface area (Å²) in [4.78, 5) is 32.4. The molecule has 2 aromatic heterocycles. The molecule has 0 atom stereocenters. The summed E-state index contributed by atoms with van der Waals surface area (Å²) in [5.41, 5.74) is 0.690. The highest BCUT2D eigenvalue weighted by atomic mass is 35.5. The molecule has 0 bridgehead atoms. The first kappa shape index (κ1) is 21.9. The third kappa shape index (κ3) is 4.24. The molecule has 3 heterocycles. The Morgan fingerprint density at radius 2 is 2.00 bits per heavy atom. The number of hydrogen-bond donors (Lipinski definition) is 1. The van der Waals surface area contributed by atoms with Crippen LogP contribution >= 0.6 is 23.4 Å². The highest BCUT2D eigenvalue weighted by Crippen LogP contribution is 2.34. The number of halogens is 1. The molecular weight excluding hydrogens is 438 g/mol. The zero-order valence-corrected chi connectivity index (χ0v) is 19.0. The number of carboxylic acids is 1. The van der Waals surface area contributed by atoms with E-state index >= 15 is 0 Å². The van der Waals surface area contributed by atoms with Crippen LogP contribution in [0.5, 0.6) is 0 Å². The first-order valence-electron chi connectivity index (χ1n) is 10.1. The van der Waals surface area contributed by atoms with Gasteiger partial charge in [0.05, 0.1) is 20.8 Å². The molecule has 1 aromatic carbocycles. The van der Waals surface area contributed by atoms with Gasteiger partial charge in [-0.25, -0.2) is 4.98 Å². The van der Waals surface area contributed by atoms with E-state index < -0.39 is 5.97 Å². The monoisotopic (exact) mass is 461 g/mol. The van der Waals surface area contributed by atoms with Gasteiger partial charge >= 0.3 is 5.97 Å². The number of aromatic nitrogens is 2. The van der Waals surface area contributed by atoms with Crippen LogP contribution < -0.4 is 10.3 Å². The lowest BCUT2D eigenvalue weighted by Crippen LogP contribution is -2.30. The van der Waals surface area contributed by atoms with Gasteiger partial charge in [-0.2, -0.15) is 0 Å². The number of anilines is 1. The number of nitrogens with zero attached hydrogens (tertiary/aromatic N) is 3. The van der Waals surface area contributed by atoms with Crippen molar-refractivity contribution in [2.24, 2.45) is 5.92 Å². The van der Waals surface area contributed by atoms with Gasteiger partial charge in [-0.3, -0.25) is 9.59 Å². The highest BCUT2D eigenvalue weighted by molar-refractivity contribution is 7.99. The molecule has 1 N–H and O–H groups in total. The fraction of sp³-hybridized carbons (Fsp3) is 0.409. The molecule has 0 spiro atoms. The molecule has 7 nitrogen and oxygen atoms in total. The number of carboxylic acid groups (broad SMARTS) is 1. The van der Waals surface area contributed by atoms with Gasteiger partial charge in [0.1, 0.15) is 18.0 Å². The van der Waals surface area contributed by atoms with Crippen molar-refractivity contribution < 1.29 is 14.6 Å². The van der Waals surface area contributed by atoms with Crippen LogP contribution in [0.3, 0.4) is 0 Å². The van der Waals surface area contributed by atoms with Gasteiger partial charge in [-0.15, -0.1) is 11.8 Å². The molecule has 0 radical (unpaired) electrons. The van der Waals surface area contributed by atoms with Crippen LogP contribution in [0.25, 0.3) is 21.9 Å². The molecule has 1 aliphatic heterocycles. The molecule has 1 fully saturated rings. The smallest absolute Gasteiger partial charge is 0.323 e. The van der Waals surface area contributed by atoms with Crippen LogP contribution in [-0.4, -0.2) is 53.7 Å². The van der Waals surface area contributed by atoms with Crippen LogP contribution in [0.15, 0.2) is 34.0 Å². The largest absolute Gasteiger partial charge is 0.480 e. The van der Waals surface area contributed by atoms with Crippen LogP contribution in [-0.2, 0) is 16.1 Å². The van der Waals surface area contributed by atoms with Crippen molar-refractivity contribution in [3.05, 3.63) is 39.5 Å². The average molecular weight is 462 g/mol. The first-order valence-corrected chi connectivity index (χ1v) is 11.7. The van der Waals surface area contributed by atoms with E-state index in [1.807, 2.05) is 19.4 Å². The standard InChI is InChI=1S/C22H24ClN3O4S/c1-25(11-13-7-9-30-10-8-13)17-6-4-15-20(29)14-3-5-16(23)21(31-2)19(14)26(12-18(27)28)22(15)24-17/h3-6,13H,7-12H2,1-2H3,(H,27,28). The van der Waals surface area contributed by atoms with Crippen molar-refractivity contribution >= 4 is 57.1 Å². The van der Waals surface area contributed by atoms with Crippen LogP contribution in [0, 0.1) is 5.92 Å². The van der Waals surface area contributed by atoms with Crippen molar-refractivity contribution in [1.29, 1.82) is 0 Å². The van der Waals surface area contributed by atoms with Crippen LogP contribution in [0.1, 0.15) is 12.8 Å². The fourth-order valence-electron chi connectivity index (χ4n) is 4.18. The van der Waals surface area contributed by atoms with E-state index in [-0.39, 0.29) is 12.0 Å². The van der Waals surface area contributed by atoms with E-state index in [0.29, 0.717) is 43.6 Å². The van der Waals surface area contributed by atoms with Gasteiger partial charge in [-0.1, -0.05) is 11.6 Å². The van der Waals surface area contributed by atoms with Crippen molar-refractivity contribution in [3.63, 3.8) is 0 Å². The summed E-state index contributed by atoms with van der Waals surface area (Å²) in [6.45, 7) is 2.04. The molecule has 3 aromatic rings. The van der Waals surface area contributed by atoms with E-state index in [1.165, 1.54) is 11.8 Å². The molecule has 0 saturated carbocycles. The van der Waals surface area contributed by atoms with Gasteiger partial charge in [0.15, 0.2) is 5.43 Å². The molecule has 0 unspecified atom stereocenters. The summed E-state index contributed by atoms with van der Waals surface area (Å²) in [6.07, 6.45) is 3.86. The molecule has 0 amide bonds. The lowest BCUT2D eigenvalue weighted by Gasteiger charge is -2.28. The summed E-state index contributed by atoms with van der Waals surface area (Å²) in [7, 11) is 1.97. The van der Waals surface area contributed by atoms with E-state index in [1.54, 1.807) is 22.8 Å². The first-order chi connectivity index (χ1) is 14.9. The summed E-state index contributed by atoms with van der Waals surface area (Å²) < 4.78 is 7.04. The Bertz CT molecular complexity index is 1210. The molecule has 31 heavy (non-hydrogen) atoms. The Kier molecular flexibility index (Phi) is 6.41. The predicted octanol–water partition coefficient (Wildman–Crippen LogP) is 3.87. The third-order valence-corrected chi connectivity index (χ3v) is 6.97. The molecule has 4 rings (SSSR count). The van der Waals surface area contributed by atoms with Crippen molar-refractivity contribution in [2.45, 2.75) is 24.3 Å². The minimum Gasteiger partial charge on any atom is -0.480 e. The number of carbonyl (C=O) groups is 1. The Morgan fingerprint density at radius 1 is 1.29 bits per heavy atom. The number of fused-ring (bicyclic) bond motifs is 2. The third-order valence-electron chi connectivity index (χ3n) is 5.72. The minimum atomic E-state index is -1.01. The topological polar surface area (TPSA) is 84.7 Å². The number of benzene rings is 1. The second kappa shape index (κ2) is 9.06. The summed E-state index contributed by atoms with van der Waals surface area (Å²) >= 11 is 7.77. The SMILES string of the molecule is CSc1c(Cl)ccc2c(=O)c3ccc(N(C)CC4CCOCC4)nc3n(CC(=O)O)c12. The number of ether oxygens (including phenoxy) is 1. The second-order valence-corrected chi connectivity index (χ2v) is 8.99. The normalized spacial score (nSPS) is 14.9. The van der Waals surface area contributed by atoms with E-state index in [9.17, 15) is 14.7 Å². The van der Waals surface area contributed by atoms with E-state index in [2.05, 4.69) is 4.90 Å². The zero-order valence-electron chi connectivity index (χ0n) is 17.4. The summed E-state index contributed by atoms with van der Waals surface area (Å²) in [6, 6.07) is 6.90. The maximum absolute atomic E-state index is 13.2. The summed E-state index contributed by atoms with van der Waals surface area (Å²) in [5, 5.41) is 10.9. The Balaban J connectivity index is 1.91. The predicted molar refractivity (Wildman–Crippen MR) is 125 cm³/mol. The van der Waals surface area contributed by atoms with Gasteiger partial charge in [-0.05, 0) is 49.3 Å². The molecule has 1 saturated heterocycles. The molecule has 0 aliphatic carbocycles. The fourth-order valence-corrected chi connectivity index (χ4v) is 5.24. The second-order valence-electron chi connectivity index (χ2n) is 7.76. The van der Waals surface area contributed by atoms with Gasteiger partial charge in [0.2, 0.25) is 0 Å². The number of pyridine rings is 2. The number of aliphatic carboxylic acids is 1. The zero-order chi connectivity index (χ0) is 22.1. The highest BCUT2D eigenvalue weighted by Gasteiger charge is 2.21. The Labute approximate surface area is 189 Å². The quantitative estimate of drug-likeness (QED) is 0.440. The van der Waals surface area contributed by atoms with Crippen LogP contribution in [0.2, 0.25) is 5.02 Å². The van der Waals surface area contributed by atoms with E-state index in [4.69, 9.17) is 21.3 Å². The average Bonchev–Trinajstić information content (AvgIpc) is 2.76. The van der Waals surface area contributed by atoms with E-state index in [0.717, 1.165) is 32.6 Å². The maximum Gasteiger partial charge on any atom is 0.323 e. The Morgan fingerprint density at radius 3 is 2.68 bits per heavy atom. The van der Waals surface area contributed by atoms with Crippen molar-refractivity contribution in [1.82, 2.24) is 9.55 Å². The molecular formula is C22H24ClN3O4S. The number of hydrogen-bond acceptors (Lipinski definition) is 6. The summed E-state index contributed by atoms with van der Waals surface area (Å²) in [5.74, 6) is 0.196. The van der Waals surface area contributed by atoms with Crippen molar-refractivity contribution in [3.8, 4) is 0 Å². The molecule has 9 heteroatoms. The lowest BCUT2D eigenvalue weighted by atomic mass is 10.00. The van der Waals surface area contributed by atoms with Gasteiger partial charge in [0.25, 0.3) is 0 Å². The van der Waals surface area contributed by atoms with Gasteiger partial charge < -0.3 is 19.3 Å². The number of rotatable bonds is 6. The minimum absolute atomic E-state index is 0.176. The molecule has 164 valence electrons. The molecule has 1 aliphatic rings. The van der Waals surface area contributed by atoms with Crippen molar-refractivity contribution in [2.75, 3.05) is 38.0 Å². The maximum atomic E-state index is 13.2. The Hall–Kier alpha value is -2.29. The van der Waals surface area contributed by atoms with Crippen LogP contribution in [0.4, 0.5) is 5.82 Å².